The molecule has 0 spiro atoms. The predicted molar refractivity (Wildman–Crippen MR) is 84.4 cm³/mol. The number of aryl methyl sites for hydroxylation is 2. The fourth-order valence-corrected chi connectivity index (χ4v) is 2.77. The maximum Gasteiger partial charge on any atom is 0.274 e. The van der Waals surface area contributed by atoms with Crippen molar-refractivity contribution in [2.24, 2.45) is 12.0 Å². The fourth-order valence-electron chi connectivity index (χ4n) is 2.16. The normalized spacial score (nSPS) is 12.0. The number of para-hydroxylation sites is 2. The van der Waals surface area contributed by atoms with Crippen molar-refractivity contribution in [3.05, 3.63) is 41.7 Å². The first kappa shape index (κ1) is 14.5. The van der Waals surface area contributed by atoms with E-state index in [4.69, 9.17) is 9.42 Å². The zero-order valence-electron chi connectivity index (χ0n) is 12.6. The van der Waals surface area contributed by atoms with Crippen molar-refractivity contribution < 1.29 is 4.43 Å². The molecule has 0 aliphatic heterocycles. The topological polar surface area (TPSA) is 39.4 Å². The number of aromatic nitrogens is 2. The second-order valence-electron chi connectivity index (χ2n) is 4.98. The van der Waals surface area contributed by atoms with Crippen LogP contribution in [0.3, 0.4) is 0 Å². The molecule has 0 aliphatic carbocycles. The Balaban J connectivity index is 2.40. The van der Waals surface area contributed by atoms with Crippen LogP contribution < -0.4 is 4.43 Å². The standard InChI is InChI=1S/C15H20N3OSi/c1-11-10-16-18(3)15(11)12(2)17-13-8-6-7-9-14(13)19-20(4)5/h6-10H,1-5H3. The number of nitrogens with zero attached hydrogens (tertiary/aromatic N) is 3. The van der Waals surface area contributed by atoms with Gasteiger partial charge in [0.2, 0.25) is 0 Å². The van der Waals surface area contributed by atoms with Crippen molar-refractivity contribution in [1.29, 1.82) is 0 Å². The number of rotatable bonds is 4. The molecule has 0 atom stereocenters. The summed E-state index contributed by atoms with van der Waals surface area (Å²) in [5.74, 6) is 0.852. The van der Waals surface area contributed by atoms with Crippen molar-refractivity contribution in [2.75, 3.05) is 0 Å². The minimum atomic E-state index is -0.800. The molecule has 0 aliphatic rings. The maximum absolute atomic E-state index is 5.90. The SMILES string of the molecule is CC(=Nc1ccccc1O[Si](C)C)c1c(C)cnn1C. The molecule has 0 bridgehead atoms. The summed E-state index contributed by atoms with van der Waals surface area (Å²) in [6.45, 7) is 8.28. The van der Waals surface area contributed by atoms with Crippen molar-refractivity contribution in [1.82, 2.24) is 9.78 Å². The summed E-state index contributed by atoms with van der Waals surface area (Å²) in [4.78, 5) is 4.72. The third kappa shape index (κ3) is 3.16. The zero-order valence-corrected chi connectivity index (χ0v) is 13.6. The van der Waals surface area contributed by atoms with Crippen LogP contribution >= 0.6 is 0 Å². The summed E-state index contributed by atoms with van der Waals surface area (Å²) in [5, 5.41) is 4.26. The smallest absolute Gasteiger partial charge is 0.274 e. The molecule has 0 N–H and O–H groups in total. The monoisotopic (exact) mass is 286 g/mol. The Labute approximate surface area is 121 Å². The Morgan fingerprint density at radius 3 is 2.60 bits per heavy atom. The molecular weight excluding hydrogens is 266 g/mol. The molecule has 2 aromatic rings. The van der Waals surface area contributed by atoms with Crippen LogP contribution in [-0.2, 0) is 7.05 Å². The summed E-state index contributed by atoms with van der Waals surface area (Å²) < 4.78 is 7.75. The lowest BCUT2D eigenvalue weighted by Crippen LogP contribution is -2.11. The van der Waals surface area contributed by atoms with Crippen LogP contribution in [-0.4, -0.2) is 24.5 Å². The number of benzene rings is 1. The Morgan fingerprint density at radius 1 is 1.30 bits per heavy atom. The Bertz CT molecular complexity index is 612. The van der Waals surface area contributed by atoms with E-state index in [2.05, 4.69) is 18.2 Å². The predicted octanol–water partition coefficient (Wildman–Crippen LogP) is 3.50. The van der Waals surface area contributed by atoms with Crippen LogP contribution in [0.5, 0.6) is 5.75 Å². The molecule has 0 unspecified atom stereocenters. The lowest BCUT2D eigenvalue weighted by atomic mass is 10.2. The number of aliphatic imine (C=N–C) groups is 1. The lowest BCUT2D eigenvalue weighted by molar-refractivity contribution is 0.582. The molecule has 5 heteroatoms. The quantitative estimate of drug-likeness (QED) is 0.637. The van der Waals surface area contributed by atoms with Gasteiger partial charge in [0.15, 0.2) is 0 Å². The summed E-state index contributed by atoms with van der Waals surface area (Å²) in [5.41, 5.74) is 4.00. The second kappa shape index (κ2) is 6.05. The van der Waals surface area contributed by atoms with Crippen molar-refractivity contribution in [2.45, 2.75) is 26.9 Å². The molecule has 0 fully saturated rings. The summed E-state index contributed by atoms with van der Waals surface area (Å²) in [6.07, 6.45) is 1.86. The molecule has 1 radical (unpaired) electrons. The van der Waals surface area contributed by atoms with Gasteiger partial charge in [0.25, 0.3) is 9.04 Å². The van der Waals surface area contributed by atoms with E-state index >= 15 is 0 Å². The van der Waals surface area contributed by atoms with Crippen LogP contribution in [0.2, 0.25) is 13.1 Å². The van der Waals surface area contributed by atoms with Crippen LogP contribution in [0.4, 0.5) is 5.69 Å². The molecule has 0 saturated carbocycles. The molecule has 1 aromatic heterocycles. The van der Waals surface area contributed by atoms with Gasteiger partial charge >= 0.3 is 0 Å². The highest BCUT2D eigenvalue weighted by Gasteiger charge is 2.10. The van der Waals surface area contributed by atoms with Gasteiger partial charge in [0, 0.05) is 7.05 Å². The highest BCUT2D eigenvalue weighted by molar-refractivity contribution is 6.49. The largest absolute Gasteiger partial charge is 0.541 e. The van der Waals surface area contributed by atoms with Gasteiger partial charge in [0.1, 0.15) is 11.4 Å². The van der Waals surface area contributed by atoms with E-state index in [1.807, 2.05) is 56.0 Å². The Kier molecular flexibility index (Phi) is 4.39. The zero-order chi connectivity index (χ0) is 14.7. The third-order valence-electron chi connectivity index (χ3n) is 2.93. The number of hydrogen-bond acceptors (Lipinski definition) is 3. The van der Waals surface area contributed by atoms with E-state index in [-0.39, 0.29) is 0 Å². The molecule has 1 aromatic carbocycles. The average molecular weight is 286 g/mol. The maximum atomic E-state index is 5.90. The van der Waals surface area contributed by atoms with Crippen LogP contribution in [0, 0.1) is 6.92 Å². The van der Waals surface area contributed by atoms with E-state index in [9.17, 15) is 0 Å². The van der Waals surface area contributed by atoms with E-state index in [0.29, 0.717) is 0 Å². The molecular formula is C15H20N3OSi. The molecule has 1 heterocycles. The van der Waals surface area contributed by atoms with Gasteiger partial charge in [-0.15, -0.1) is 0 Å². The van der Waals surface area contributed by atoms with Crippen molar-refractivity contribution >= 4 is 20.4 Å². The van der Waals surface area contributed by atoms with Crippen LogP contribution in [0.15, 0.2) is 35.5 Å². The van der Waals surface area contributed by atoms with Crippen LogP contribution in [0.25, 0.3) is 0 Å². The van der Waals surface area contributed by atoms with Crippen molar-refractivity contribution in [3.63, 3.8) is 0 Å². The van der Waals surface area contributed by atoms with E-state index in [0.717, 1.165) is 28.4 Å². The summed E-state index contributed by atoms with van der Waals surface area (Å²) in [6, 6.07) is 7.91. The van der Waals surface area contributed by atoms with Gasteiger partial charge in [-0.3, -0.25) is 4.68 Å². The Hall–Kier alpha value is -1.88. The Morgan fingerprint density at radius 2 is 2.00 bits per heavy atom. The van der Waals surface area contributed by atoms with Crippen LogP contribution in [0.1, 0.15) is 18.2 Å². The highest BCUT2D eigenvalue weighted by Crippen LogP contribution is 2.28. The first-order valence-corrected chi connectivity index (χ1v) is 9.01. The van der Waals surface area contributed by atoms with E-state index in [1.165, 1.54) is 0 Å². The molecule has 0 saturated heterocycles. The number of hydrogen-bond donors (Lipinski definition) is 0. The third-order valence-corrected chi connectivity index (χ3v) is 3.56. The van der Waals surface area contributed by atoms with Gasteiger partial charge in [-0.05, 0) is 44.6 Å². The lowest BCUT2D eigenvalue weighted by Gasteiger charge is -2.11. The molecule has 4 nitrogen and oxygen atoms in total. The highest BCUT2D eigenvalue weighted by atomic mass is 28.3. The molecule has 20 heavy (non-hydrogen) atoms. The average Bonchev–Trinajstić information content (AvgIpc) is 2.71. The van der Waals surface area contributed by atoms with Gasteiger partial charge in [0.05, 0.1) is 17.6 Å². The minimum absolute atomic E-state index is 0.800. The first-order chi connectivity index (χ1) is 9.49. The van der Waals surface area contributed by atoms with Crippen molar-refractivity contribution in [3.8, 4) is 5.75 Å². The van der Waals surface area contributed by atoms with Gasteiger partial charge in [-0.2, -0.15) is 5.10 Å². The molecule has 0 amide bonds. The molecule has 105 valence electrons. The summed E-state index contributed by atoms with van der Waals surface area (Å²) >= 11 is 0. The van der Waals surface area contributed by atoms with Gasteiger partial charge in [-0.1, -0.05) is 12.1 Å². The van der Waals surface area contributed by atoms with Gasteiger partial charge < -0.3 is 4.43 Å². The van der Waals surface area contributed by atoms with E-state index < -0.39 is 9.04 Å². The second-order valence-corrected chi connectivity index (χ2v) is 7.00. The van der Waals surface area contributed by atoms with Gasteiger partial charge in [-0.25, -0.2) is 4.99 Å². The first-order valence-electron chi connectivity index (χ1n) is 6.60. The minimum Gasteiger partial charge on any atom is -0.541 e. The van der Waals surface area contributed by atoms with E-state index in [1.54, 1.807) is 0 Å². The molecule has 2 rings (SSSR count). The summed E-state index contributed by atoms with van der Waals surface area (Å²) in [7, 11) is 1.13. The fraction of sp³-hybridized carbons (Fsp3) is 0.333.